The van der Waals surface area contributed by atoms with E-state index in [2.05, 4.69) is 16.9 Å². The van der Waals surface area contributed by atoms with Crippen LogP contribution in [0.2, 0.25) is 0 Å². The molecule has 0 spiro atoms. The lowest BCUT2D eigenvalue weighted by Crippen LogP contribution is -2.05. The molecular weight excluding hydrogens is 264 g/mol. The number of pyridine rings is 1. The van der Waals surface area contributed by atoms with Crippen LogP contribution >= 0.6 is 0 Å². The number of nitrogens with zero attached hydrogens (tertiary/aromatic N) is 2. The summed E-state index contributed by atoms with van der Waals surface area (Å²) in [4.78, 5) is 20.0. The van der Waals surface area contributed by atoms with Crippen LogP contribution in [0.5, 0.6) is 0 Å². The van der Waals surface area contributed by atoms with E-state index in [1.54, 1.807) is 30.6 Å². The molecule has 2 heterocycles. The maximum atomic E-state index is 11.9. The molecule has 1 aromatic heterocycles. The molecule has 0 saturated carbocycles. The third-order valence-corrected chi connectivity index (χ3v) is 3.24. The Bertz CT molecular complexity index is 716. The van der Waals surface area contributed by atoms with Crippen molar-refractivity contribution < 1.29 is 9.53 Å². The smallest absolute Gasteiger partial charge is 0.363 e. The first-order valence-electron chi connectivity index (χ1n) is 6.78. The van der Waals surface area contributed by atoms with E-state index in [1.165, 1.54) is 5.56 Å². The van der Waals surface area contributed by atoms with Gasteiger partial charge >= 0.3 is 5.97 Å². The van der Waals surface area contributed by atoms with E-state index < -0.39 is 5.97 Å². The van der Waals surface area contributed by atoms with Crippen molar-refractivity contribution in [3.63, 3.8) is 0 Å². The van der Waals surface area contributed by atoms with Crippen LogP contribution in [0.3, 0.4) is 0 Å². The predicted octanol–water partition coefficient (Wildman–Crippen LogP) is 2.99. The third-order valence-electron chi connectivity index (χ3n) is 3.24. The van der Waals surface area contributed by atoms with Crippen LogP contribution in [0.25, 0.3) is 6.08 Å². The first-order chi connectivity index (χ1) is 10.3. The SMILES string of the molecule is CCc1ccc(/C=C2/N=C(c3ccncc3)OC2=O)cc1. The number of esters is 1. The molecule has 4 nitrogen and oxygen atoms in total. The maximum Gasteiger partial charge on any atom is 0.363 e. The van der Waals surface area contributed by atoms with Crippen LogP contribution < -0.4 is 0 Å². The number of aromatic nitrogens is 1. The lowest BCUT2D eigenvalue weighted by Gasteiger charge is -1.97. The minimum Gasteiger partial charge on any atom is -0.402 e. The van der Waals surface area contributed by atoms with E-state index >= 15 is 0 Å². The zero-order chi connectivity index (χ0) is 14.7. The molecule has 3 rings (SSSR count). The number of carbonyl (C=O) groups is 1. The van der Waals surface area contributed by atoms with Gasteiger partial charge in [-0.15, -0.1) is 0 Å². The summed E-state index contributed by atoms with van der Waals surface area (Å²) >= 11 is 0. The first kappa shape index (κ1) is 13.2. The number of rotatable bonds is 3. The first-order valence-corrected chi connectivity index (χ1v) is 6.78. The van der Waals surface area contributed by atoms with Crippen LogP contribution in [0.15, 0.2) is 59.5 Å². The van der Waals surface area contributed by atoms with Crippen molar-refractivity contribution in [2.45, 2.75) is 13.3 Å². The highest BCUT2D eigenvalue weighted by Gasteiger charge is 2.23. The molecule has 2 aromatic rings. The molecule has 4 heteroatoms. The summed E-state index contributed by atoms with van der Waals surface area (Å²) in [5, 5.41) is 0. The summed E-state index contributed by atoms with van der Waals surface area (Å²) in [5.74, 6) is -0.111. The summed E-state index contributed by atoms with van der Waals surface area (Å²) in [5.41, 5.74) is 3.24. The fourth-order valence-electron chi connectivity index (χ4n) is 2.03. The van der Waals surface area contributed by atoms with Gasteiger partial charge in [0, 0.05) is 18.0 Å². The fraction of sp³-hybridized carbons (Fsp3) is 0.118. The molecular formula is C17H14N2O2. The highest BCUT2D eigenvalue weighted by atomic mass is 16.6. The average Bonchev–Trinajstić information content (AvgIpc) is 2.90. The molecule has 0 radical (unpaired) electrons. The number of benzene rings is 1. The van der Waals surface area contributed by atoms with Crippen LogP contribution in [-0.2, 0) is 16.0 Å². The number of hydrogen-bond donors (Lipinski definition) is 0. The average molecular weight is 278 g/mol. The highest BCUT2D eigenvalue weighted by Crippen LogP contribution is 2.19. The molecule has 1 aliphatic rings. The van der Waals surface area contributed by atoms with Gasteiger partial charge in [-0.2, -0.15) is 0 Å². The van der Waals surface area contributed by atoms with E-state index in [0.29, 0.717) is 11.6 Å². The van der Waals surface area contributed by atoms with Crippen molar-refractivity contribution in [3.8, 4) is 0 Å². The number of aliphatic imine (C=N–C) groups is 1. The second-order valence-corrected chi connectivity index (χ2v) is 4.67. The topological polar surface area (TPSA) is 51.6 Å². The summed E-state index contributed by atoms with van der Waals surface area (Å²) in [6.07, 6.45) is 5.99. The van der Waals surface area contributed by atoms with Gasteiger partial charge < -0.3 is 4.74 Å². The maximum absolute atomic E-state index is 11.9. The van der Waals surface area contributed by atoms with Crippen LogP contribution in [0.4, 0.5) is 0 Å². The van der Waals surface area contributed by atoms with Crippen LogP contribution in [-0.4, -0.2) is 16.9 Å². The molecule has 104 valence electrons. The molecule has 0 fully saturated rings. The Hall–Kier alpha value is -2.75. The lowest BCUT2D eigenvalue weighted by atomic mass is 10.1. The van der Waals surface area contributed by atoms with E-state index in [0.717, 1.165) is 17.5 Å². The van der Waals surface area contributed by atoms with Gasteiger partial charge in [-0.25, -0.2) is 9.79 Å². The van der Waals surface area contributed by atoms with Crippen molar-refractivity contribution in [1.29, 1.82) is 0 Å². The van der Waals surface area contributed by atoms with Gasteiger partial charge in [0.1, 0.15) is 0 Å². The zero-order valence-corrected chi connectivity index (χ0v) is 11.6. The largest absolute Gasteiger partial charge is 0.402 e. The lowest BCUT2D eigenvalue weighted by molar-refractivity contribution is -0.129. The van der Waals surface area contributed by atoms with Gasteiger partial charge in [-0.3, -0.25) is 4.98 Å². The Kier molecular flexibility index (Phi) is 3.60. The van der Waals surface area contributed by atoms with Crippen molar-refractivity contribution in [2.24, 2.45) is 4.99 Å². The number of aryl methyl sites for hydroxylation is 1. The Morgan fingerprint density at radius 3 is 2.48 bits per heavy atom. The normalized spacial score (nSPS) is 16.0. The summed E-state index contributed by atoms with van der Waals surface area (Å²) in [7, 11) is 0. The van der Waals surface area contributed by atoms with Crippen LogP contribution in [0.1, 0.15) is 23.6 Å². The van der Waals surface area contributed by atoms with Crippen molar-refractivity contribution >= 4 is 17.9 Å². The van der Waals surface area contributed by atoms with Crippen LogP contribution in [0, 0.1) is 0 Å². The van der Waals surface area contributed by atoms with Gasteiger partial charge in [-0.05, 0) is 35.8 Å². The monoisotopic (exact) mass is 278 g/mol. The number of ether oxygens (including phenoxy) is 1. The van der Waals surface area contributed by atoms with Crippen molar-refractivity contribution in [1.82, 2.24) is 4.98 Å². The Morgan fingerprint density at radius 1 is 1.10 bits per heavy atom. The van der Waals surface area contributed by atoms with Gasteiger partial charge in [0.2, 0.25) is 5.90 Å². The minimum absolute atomic E-state index is 0.311. The van der Waals surface area contributed by atoms with E-state index in [-0.39, 0.29) is 0 Å². The molecule has 0 amide bonds. The third kappa shape index (κ3) is 2.89. The molecule has 0 N–H and O–H groups in total. The summed E-state index contributed by atoms with van der Waals surface area (Å²) in [6.45, 7) is 2.10. The Labute approximate surface area is 122 Å². The van der Waals surface area contributed by atoms with Gasteiger partial charge in [0.05, 0.1) is 0 Å². The molecule has 0 saturated heterocycles. The second kappa shape index (κ2) is 5.71. The molecule has 0 atom stereocenters. The summed E-state index contributed by atoms with van der Waals surface area (Å²) in [6, 6.07) is 11.5. The molecule has 0 bridgehead atoms. The molecule has 1 aromatic carbocycles. The van der Waals surface area contributed by atoms with E-state index in [4.69, 9.17) is 4.74 Å². The Morgan fingerprint density at radius 2 is 1.81 bits per heavy atom. The number of cyclic esters (lactones) is 1. The van der Waals surface area contributed by atoms with Gasteiger partial charge in [0.25, 0.3) is 0 Å². The van der Waals surface area contributed by atoms with Gasteiger partial charge in [0.15, 0.2) is 5.70 Å². The minimum atomic E-state index is -0.429. The quantitative estimate of drug-likeness (QED) is 0.640. The zero-order valence-electron chi connectivity index (χ0n) is 11.6. The standard InChI is InChI=1S/C17H14N2O2/c1-2-12-3-5-13(6-4-12)11-15-17(20)21-16(19-15)14-7-9-18-10-8-14/h3-11H,2H2,1H3/b15-11+. The Balaban J connectivity index is 1.89. The van der Waals surface area contributed by atoms with E-state index in [9.17, 15) is 4.79 Å². The van der Waals surface area contributed by atoms with Gasteiger partial charge in [-0.1, -0.05) is 31.2 Å². The van der Waals surface area contributed by atoms with E-state index in [1.807, 2.05) is 24.3 Å². The number of carbonyl (C=O) groups excluding carboxylic acids is 1. The van der Waals surface area contributed by atoms with Crippen molar-refractivity contribution in [3.05, 3.63) is 71.2 Å². The highest BCUT2D eigenvalue weighted by molar-refractivity contribution is 6.12. The number of hydrogen-bond acceptors (Lipinski definition) is 4. The molecule has 0 unspecified atom stereocenters. The second-order valence-electron chi connectivity index (χ2n) is 4.67. The summed E-state index contributed by atoms with van der Waals surface area (Å²) < 4.78 is 5.19. The molecule has 1 aliphatic heterocycles. The van der Waals surface area contributed by atoms with Crippen molar-refractivity contribution in [2.75, 3.05) is 0 Å². The molecule has 0 aliphatic carbocycles. The molecule has 21 heavy (non-hydrogen) atoms. The predicted molar refractivity (Wildman–Crippen MR) is 80.7 cm³/mol. The fourth-order valence-corrected chi connectivity index (χ4v) is 2.03.